The summed E-state index contributed by atoms with van der Waals surface area (Å²) < 4.78 is 2.73. The molecule has 27 heavy (non-hydrogen) atoms. The van der Waals surface area contributed by atoms with Gasteiger partial charge in [-0.3, -0.25) is 4.90 Å². The van der Waals surface area contributed by atoms with Crippen LogP contribution < -0.4 is 10.2 Å². The lowest BCUT2D eigenvalue weighted by molar-refractivity contribution is 0.195. The third-order valence-electron chi connectivity index (χ3n) is 4.74. The van der Waals surface area contributed by atoms with Gasteiger partial charge in [0.2, 0.25) is 5.13 Å². The number of aromatic nitrogens is 2. The second-order valence-electron chi connectivity index (χ2n) is 6.75. The molecule has 0 aliphatic carbocycles. The molecule has 0 spiro atoms. The number of nitrogens with one attached hydrogen (secondary N) is 1. The number of anilines is 3. The maximum Gasteiger partial charge on any atom is 0.209 e. The normalized spacial score (nSPS) is 15.1. The summed E-state index contributed by atoms with van der Waals surface area (Å²) >= 11 is 7.04. The van der Waals surface area contributed by atoms with E-state index in [2.05, 4.69) is 81.7 Å². The molecular weight excluding hydrogens is 374 g/mol. The van der Waals surface area contributed by atoms with Gasteiger partial charge >= 0.3 is 0 Å². The minimum absolute atomic E-state index is 0.744. The van der Waals surface area contributed by atoms with Crippen molar-refractivity contribution in [2.45, 2.75) is 13.6 Å². The molecule has 7 heteroatoms. The maximum atomic E-state index is 5.52. The molecule has 3 aromatic rings. The van der Waals surface area contributed by atoms with Crippen molar-refractivity contribution in [3.63, 3.8) is 0 Å². The van der Waals surface area contributed by atoms with Gasteiger partial charge in [-0.1, -0.05) is 47.2 Å². The number of nitrogens with zero attached hydrogens (tertiary/aromatic N) is 4. The van der Waals surface area contributed by atoms with Crippen LogP contribution in [-0.2, 0) is 6.67 Å². The van der Waals surface area contributed by atoms with Gasteiger partial charge in [0.25, 0.3) is 0 Å². The monoisotopic (exact) mass is 397 g/mol. The van der Waals surface area contributed by atoms with Crippen molar-refractivity contribution < 1.29 is 0 Å². The second-order valence-corrected chi connectivity index (χ2v) is 8.37. The SMILES string of the molecule is Cc1ccc(Nc2nn(CN3CCN(c4ccccc4)CC3)c(=S)s2)cc1. The van der Waals surface area contributed by atoms with Gasteiger partial charge in [0.15, 0.2) is 3.95 Å². The summed E-state index contributed by atoms with van der Waals surface area (Å²) in [7, 11) is 0. The molecule has 140 valence electrons. The Kier molecular flexibility index (Phi) is 5.52. The van der Waals surface area contributed by atoms with Crippen LogP contribution in [0, 0.1) is 10.9 Å². The Hall–Kier alpha value is -2.22. The molecule has 0 unspecified atom stereocenters. The van der Waals surface area contributed by atoms with E-state index in [-0.39, 0.29) is 0 Å². The van der Waals surface area contributed by atoms with Gasteiger partial charge in [-0.05, 0) is 43.4 Å². The minimum atomic E-state index is 0.744. The Morgan fingerprint density at radius 3 is 2.41 bits per heavy atom. The third-order valence-corrected chi connectivity index (χ3v) is 5.96. The van der Waals surface area contributed by atoms with Crippen molar-refractivity contribution in [3.05, 3.63) is 64.1 Å². The average molecular weight is 398 g/mol. The van der Waals surface area contributed by atoms with Gasteiger partial charge in [0.1, 0.15) is 0 Å². The van der Waals surface area contributed by atoms with Gasteiger partial charge < -0.3 is 10.2 Å². The predicted molar refractivity (Wildman–Crippen MR) is 116 cm³/mol. The summed E-state index contributed by atoms with van der Waals surface area (Å²) in [6.07, 6.45) is 0. The largest absolute Gasteiger partial charge is 0.369 e. The zero-order valence-corrected chi connectivity index (χ0v) is 17.0. The highest BCUT2D eigenvalue weighted by Gasteiger charge is 2.18. The van der Waals surface area contributed by atoms with Crippen LogP contribution in [0.1, 0.15) is 5.56 Å². The van der Waals surface area contributed by atoms with E-state index in [1.54, 1.807) is 0 Å². The van der Waals surface area contributed by atoms with Crippen molar-refractivity contribution in [2.24, 2.45) is 0 Å². The Labute approximate surface area is 168 Å². The fourth-order valence-corrected chi connectivity index (χ4v) is 4.20. The summed E-state index contributed by atoms with van der Waals surface area (Å²) in [5.74, 6) is 0. The van der Waals surface area contributed by atoms with Crippen molar-refractivity contribution in [3.8, 4) is 0 Å². The zero-order valence-electron chi connectivity index (χ0n) is 15.3. The number of para-hydroxylation sites is 1. The van der Waals surface area contributed by atoms with Gasteiger partial charge in [-0.25, -0.2) is 4.68 Å². The van der Waals surface area contributed by atoms with Crippen molar-refractivity contribution >= 4 is 40.1 Å². The zero-order chi connectivity index (χ0) is 18.6. The Bertz CT molecular complexity index is 925. The van der Waals surface area contributed by atoms with Gasteiger partial charge in [0.05, 0.1) is 6.67 Å². The van der Waals surface area contributed by atoms with Crippen LogP contribution in [0.2, 0.25) is 0 Å². The van der Waals surface area contributed by atoms with Crippen LogP contribution in [0.25, 0.3) is 0 Å². The molecule has 5 nitrogen and oxygen atoms in total. The fraction of sp³-hybridized carbons (Fsp3) is 0.300. The van der Waals surface area contributed by atoms with Gasteiger partial charge in [-0.15, -0.1) is 5.10 Å². The molecule has 1 aliphatic rings. The number of aryl methyl sites for hydroxylation is 1. The Morgan fingerprint density at radius 1 is 1.00 bits per heavy atom. The molecule has 4 rings (SSSR count). The first-order chi connectivity index (χ1) is 13.2. The molecule has 1 fully saturated rings. The Balaban J connectivity index is 1.36. The minimum Gasteiger partial charge on any atom is -0.369 e. The maximum absolute atomic E-state index is 5.52. The average Bonchev–Trinajstić information content (AvgIpc) is 3.04. The van der Waals surface area contributed by atoms with E-state index in [1.807, 2.05) is 4.68 Å². The molecule has 1 N–H and O–H groups in total. The lowest BCUT2D eigenvalue weighted by atomic mass is 10.2. The summed E-state index contributed by atoms with van der Waals surface area (Å²) in [5, 5.41) is 8.85. The molecule has 0 bridgehead atoms. The molecule has 1 aliphatic heterocycles. The second kappa shape index (κ2) is 8.21. The quantitative estimate of drug-likeness (QED) is 0.641. The highest BCUT2D eigenvalue weighted by molar-refractivity contribution is 7.73. The third kappa shape index (κ3) is 4.55. The molecule has 0 radical (unpaired) electrons. The summed E-state index contributed by atoms with van der Waals surface area (Å²) in [6.45, 7) is 6.89. The molecule has 1 aromatic heterocycles. The van der Waals surface area contributed by atoms with Crippen LogP contribution >= 0.6 is 23.6 Å². The van der Waals surface area contributed by atoms with Crippen LogP contribution in [0.5, 0.6) is 0 Å². The van der Waals surface area contributed by atoms with E-state index < -0.39 is 0 Å². The lowest BCUT2D eigenvalue weighted by Gasteiger charge is -2.35. The molecular formula is C20H23N5S2. The molecule has 0 atom stereocenters. The van der Waals surface area contributed by atoms with Crippen LogP contribution in [0.3, 0.4) is 0 Å². The number of hydrogen-bond donors (Lipinski definition) is 1. The predicted octanol–water partition coefficient (Wildman–Crippen LogP) is 4.51. The van der Waals surface area contributed by atoms with E-state index in [1.165, 1.54) is 22.6 Å². The topological polar surface area (TPSA) is 36.3 Å². The highest BCUT2D eigenvalue weighted by Crippen LogP contribution is 2.21. The van der Waals surface area contributed by atoms with Crippen LogP contribution in [-0.4, -0.2) is 40.9 Å². The van der Waals surface area contributed by atoms with Crippen molar-refractivity contribution in [1.29, 1.82) is 0 Å². The molecule has 0 amide bonds. The fourth-order valence-electron chi connectivity index (χ4n) is 3.18. The van der Waals surface area contributed by atoms with E-state index in [0.717, 1.165) is 47.6 Å². The van der Waals surface area contributed by atoms with Crippen LogP contribution in [0.15, 0.2) is 54.6 Å². The van der Waals surface area contributed by atoms with E-state index in [4.69, 9.17) is 12.2 Å². The first-order valence-corrected chi connectivity index (χ1v) is 10.3. The number of piperazine rings is 1. The summed E-state index contributed by atoms with van der Waals surface area (Å²) in [4.78, 5) is 4.84. The van der Waals surface area contributed by atoms with Crippen molar-refractivity contribution in [2.75, 3.05) is 36.4 Å². The van der Waals surface area contributed by atoms with Gasteiger partial charge in [0, 0.05) is 37.6 Å². The molecule has 1 saturated heterocycles. The number of rotatable bonds is 5. The van der Waals surface area contributed by atoms with Crippen molar-refractivity contribution in [1.82, 2.24) is 14.7 Å². The molecule has 0 saturated carbocycles. The standard InChI is InChI=1S/C20H23N5S2/c1-16-7-9-17(10-8-16)21-19-22-25(20(26)27-19)15-23-11-13-24(14-12-23)18-5-3-2-4-6-18/h2-10H,11-15H2,1H3,(H,21,22). The Morgan fingerprint density at radius 2 is 1.70 bits per heavy atom. The van der Waals surface area contributed by atoms with Gasteiger partial charge in [-0.2, -0.15) is 0 Å². The van der Waals surface area contributed by atoms with Crippen LogP contribution in [0.4, 0.5) is 16.5 Å². The number of hydrogen-bond acceptors (Lipinski definition) is 6. The summed E-state index contributed by atoms with van der Waals surface area (Å²) in [6, 6.07) is 18.9. The highest BCUT2D eigenvalue weighted by atomic mass is 32.1. The smallest absolute Gasteiger partial charge is 0.209 e. The lowest BCUT2D eigenvalue weighted by Crippen LogP contribution is -2.46. The first kappa shape index (κ1) is 18.2. The van der Waals surface area contributed by atoms with E-state index >= 15 is 0 Å². The van der Waals surface area contributed by atoms with E-state index in [9.17, 15) is 0 Å². The molecule has 2 heterocycles. The van der Waals surface area contributed by atoms with E-state index in [0.29, 0.717) is 0 Å². The first-order valence-electron chi connectivity index (χ1n) is 9.11. The summed E-state index contributed by atoms with van der Waals surface area (Å²) in [5.41, 5.74) is 3.58. The number of benzene rings is 2. The molecule has 2 aromatic carbocycles.